The van der Waals surface area contributed by atoms with Crippen LogP contribution in [0.3, 0.4) is 0 Å². The molecule has 0 bridgehead atoms. The first-order valence-electron chi connectivity index (χ1n) is 5.23. The molecule has 2 rings (SSSR count). The second-order valence-corrected chi connectivity index (χ2v) is 4.40. The second kappa shape index (κ2) is 5.10. The molecule has 1 aromatic carbocycles. The van der Waals surface area contributed by atoms with Gasteiger partial charge in [0.1, 0.15) is 0 Å². The first kappa shape index (κ1) is 10.4. The number of hydrogen-bond acceptors (Lipinski definition) is 2. The standard InChI is InChI=1S/C13H15NS/c1-2-14-10-11-5-7-12(8-6-11)13-4-3-9-15-13/h3-9,14H,2,10H2,1H3. The lowest BCUT2D eigenvalue weighted by molar-refractivity contribution is 0.727. The van der Waals surface area contributed by atoms with E-state index >= 15 is 0 Å². The zero-order chi connectivity index (χ0) is 10.5. The molecule has 0 atom stereocenters. The van der Waals surface area contributed by atoms with Gasteiger partial charge in [-0.25, -0.2) is 0 Å². The van der Waals surface area contributed by atoms with E-state index in [1.807, 2.05) is 0 Å². The van der Waals surface area contributed by atoms with Crippen LogP contribution in [0.5, 0.6) is 0 Å². The molecule has 2 aromatic rings. The van der Waals surface area contributed by atoms with E-state index in [-0.39, 0.29) is 0 Å². The van der Waals surface area contributed by atoms with Crippen LogP contribution in [0.25, 0.3) is 10.4 Å². The van der Waals surface area contributed by atoms with E-state index in [2.05, 4.69) is 54.0 Å². The maximum atomic E-state index is 3.32. The average Bonchev–Trinajstić information content (AvgIpc) is 2.80. The van der Waals surface area contributed by atoms with E-state index < -0.39 is 0 Å². The highest BCUT2D eigenvalue weighted by molar-refractivity contribution is 7.13. The van der Waals surface area contributed by atoms with Crippen molar-refractivity contribution >= 4 is 11.3 Å². The van der Waals surface area contributed by atoms with Gasteiger partial charge in [-0.15, -0.1) is 11.3 Å². The Labute approximate surface area is 94.8 Å². The summed E-state index contributed by atoms with van der Waals surface area (Å²) in [5, 5.41) is 5.43. The molecule has 15 heavy (non-hydrogen) atoms. The molecule has 0 saturated heterocycles. The third kappa shape index (κ3) is 2.67. The van der Waals surface area contributed by atoms with Gasteiger partial charge in [0.15, 0.2) is 0 Å². The summed E-state index contributed by atoms with van der Waals surface area (Å²) >= 11 is 1.78. The monoisotopic (exact) mass is 217 g/mol. The van der Waals surface area contributed by atoms with E-state index in [0.29, 0.717) is 0 Å². The average molecular weight is 217 g/mol. The van der Waals surface area contributed by atoms with E-state index in [1.54, 1.807) is 11.3 Å². The molecular formula is C13H15NS. The summed E-state index contributed by atoms with van der Waals surface area (Å²) in [6, 6.07) is 13.0. The lowest BCUT2D eigenvalue weighted by atomic mass is 10.1. The summed E-state index contributed by atoms with van der Waals surface area (Å²) in [6.07, 6.45) is 0. The topological polar surface area (TPSA) is 12.0 Å². The Morgan fingerprint density at radius 1 is 1.13 bits per heavy atom. The van der Waals surface area contributed by atoms with Crippen molar-refractivity contribution in [2.24, 2.45) is 0 Å². The Bertz CT molecular complexity index is 389. The van der Waals surface area contributed by atoms with Gasteiger partial charge in [0, 0.05) is 11.4 Å². The maximum absolute atomic E-state index is 3.32. The fraction of sp³-hybridized carbons (Fsp3) is 0.231. The third-order valence-corrected chi connectivity index (χ3v) is 3.26. The Kier molecular flexibility index (Phi) is 3.54. The molecule has 1 aromatic heterocycles. The van der Waals surface area contributed by atoms with Gasteiger partial charge in [-0.05, 0) is 29.1 Å². The van der Waals surface area contributed by atoms with Gasteiger partial charge in [-0.2, -0.15) is 0 Å². The molecule has 0 saturated carbocycles. The third-order valence-electron chi connectivity index (χ3n) is 2.34. The smallest absolute Gasteiger partial charge is 0.0342 e. The van der Waals surface area contributed by atoms with E-state index in [0.717, 1.165) is 13.1 Å². The SMILES string of the molecule is CCNCc1ccc(-c2cccs2)cc1. The summed E-state index contributed by atoms with van der Waals surface area (Å²) in [5.74, 6) is 0. The van der Waals surface area contributed by atoms with Crippen LogP contribution in [0.1, 0.15) is 12.5 Å². The fourth-order valence-electron chi connectivity index (χ4n) is 1.50. The molecule has 0 spiro atoms. The zero-order valence-electron chi connectivity index (χ0n) is 8.86. The van der Waals surface area contributed by atoms with Crippen molar-refractivity contribution < 1.29 is 0 Å². The zero-order valence-corrected chi connectivity index (χ0v) is 9.68. The van der Waals surface area contributed by atoms with E-state index in [4.69, 9.17) is 0 Å². The number of nitrogens with one attached hydrogen (secondary N) is 1. The van der Waals surface area contributed by atoms with Crippen LogP contribution in [0, 0.1) is 0 Å². The number of benzene rings is 1. The fourth-order valence-corrected chi connectivity index (χ4v) is 2.23. The van der Waals surface area contributed by atoms with Crippen LogP contribution in [-0.2, 0) is 6.54 Å². The van der Waals surface area contributed by atoms with Gasteiger partial charge < -0.3 is 5.32 Å². The van der Waals surface area contributed by atoms with Crippen LogP contribution in [-0.4, -0.2) is 6.54 Å². The maximum Gasteiger partial charge on any atom is 0.0342 e. The van der Waals surface area contributed by atoms with Crippen molar-refractivity contribution in [2.75, 3.05) is 6.54 Å². The molecule has 0 aliphatic heterocycles. The summed E-state index contributed by atoms with van der Waals surface area (Å²) < 4.78 is 0. The number of rotatable bonds is 4. The number of thiophene rings is 1. The van der Waals surface area contributed by atoms with Crippen LogP contribution >= 0.6 is 11.3 Å². The van der Waals surface area contributed by atoms with Crippen LogP contribution in [0.2, 0.25) is 0 Å². The second-order valence-electron chi connectivity index (χ2n) is 3.45. The van der Waals surface area contributed by atoms with E-state index in [1.165, 1.54) is 16.0 Å². The molecule has 1 heterocycles. The van der Waals surface area contributed by atoms with Crippen molar-refractivity contribution in [3.63, 3.8) is 0 Å². The van der Waals surface area contributed by atoms with Gasteiger partial charge in [-0.1, -0.05) is 37.3 Å². The summed E-state index contributed by atoms with van der Waals surface area (Å²) in [7, 11) is 0. The summed E-state index contributed by atoms with van der Waals surface area (Å²) in [4.78, 5) is 1.34. The van der Waals surface area contributed by atoms with Crippen LogP contribution < -0.4 is 5.32 Å². The van der Waals surface area contributed by atoms with Crippen molar-refractivity contribution in [2.45, 2.75) is 13.5 Å². The highest BCUT2D eigenvalue weighted by Gasteiger charge is 1.98. The normalized spacial score (nSPS) is 10.5. The van der Waals surface area contributed by atoms with Crippen molar-refractivity contribution in [3.8, 4) is 10.4 Å². The predicted molar refractivity (Wildman–Crippen MR) is 67.1 cm³/mol. The Morgan fingerprint density at radius 3 is 2.53 bits per heavy atom. The highest BCUT2D eigenvalue weighted by Crippen LogP contribution is 2.24. The van der Waals surface area contributed by atoms with Gasteiger partial charge in [0.25, 0.3) is 0 Å². The van der Waals surface area contributed by atoms with Crippen LogP contribution in [0.4, 0.5) is 0 Å². The molecule has 0 radical (unpaired) electrons. The molecule has 0 amide bonds. The minimum absolute atomic E-state index is 0.960. The molecular weight excluding hydrogens is 202 g/mol. The minimum Gasteiger partial charge on any atom is -0.313 e. The first-order chi connectivity index (χ1) is 7.40. The first-order valence-corrected chi connectivity index (χ1v) is 6.11. The molecule has 1 nitrogen and oxygen atoms in total. The lowest BCUT2D eigenvalue weighted by Crippen LogP contribution is -2.11. The molecule has 1 N–H and O–H groups in total. The molecule has 0 aliphatic rings. The molecule has 0 unspecified atom stereocenters. The number of hydrogen-bond donors (Lipinski definition) is 1. The Morgan fingerprint density at radius 2 is 1.93 bits per heavy atom. The minimum atomic E-state index is 0.960. The van der Waals surface area contributed by atoms with Crippen molar-refractivity contribution in [3.05, 3.63) is 47.3 Å². The van der Waals surface area contributed by atoms with Crippen molar-refractivity contribution in [1.29, 1.82) is 0 Å². The molecule has 2 heteroatoms. The van der Waals surface area contributed by atoms with Crippen molar-refractivity contribution in [1.82, 2.24) is 5.32 Å². The van der Waals surface area contributed by atoms with E-state index in [9.17, 15) is 0 Å². The highest BCUT2D eigenvalue weighted by atomic mass is 32.1. The quantitative estimate of drug-likeness (QED) is 0.826. The summed E-state index contributed by atoms with van der Waals surface area (Å²) in [5.41, 5.74) is 2.66. The molecule has 0 aliphatic carbocycles. The predicted octanol–water partition coefficient (Wildman–Crippen LogP) is 3.52. The largest absolute Gasteiger partial charge is 0.313 e. The summed E-state index contributed by atoms with van der Waals surface area (Å²) in [6.45, 7) is 4.11. The molecule has 0 fully saturated rings. The Hall–Kier alpha value is -1.12. The lowest BCUT2D eigenvalue weighted by Gasteiger charge is -2.03. The molecule has 78 valence electrons. The van der Waals surface area contributed by atoms with Gasteiger partial charge in [0.2, 0.25) is 0 Å². The Balaban J connectivity index is 2.11. The van der Waals surface area contributed by atoms with Gasteiger partial charge in [-0.3, -0.25) is 0 Å². The van der Waals surface area contributed by atoms with Crippen LogP contribution in [0.15, 0.2) is 41.8 Å². The van der Waals surface area contributed by atoms with Gasteiger partial charge >= 0.3 is 0 Å². The van der Waals surface area contributed by atoms with Gasteiger partial charge in [0.05, 0.1) is 0 Å².